The second-order valence-electron chi connectivity index (χ2n) is 9.06. The van der Waals surface area contributed by atoms with Crippen molar-refractivity contribution in [2.45, 2.75) is 31.8 Å². The first-order chi connectivity index (χ1) is 16.0. The second-order valence-corrected chi connectivity index (χ2v) is 9.06. The molecule has 1 aliphatic rings. The molecule has 1 aromatic heterocycles. The minimum Gasteiger partial charge on any atom is -0.377 e. The standard InChI is InChI=1S/C28H28FN3O/c1-4-22-26-24(18-12-14-20(29)15-13-18)27(19-10-8-17(9-11-19)16-32(2)3)30-23-7-5-6-21(25(23)26)28(33)31-22/h5-15,24,27,30H,4,16H2,1-3H3,(H,31,33). The van der Waals surface area contributed by atoms with Gasteiger partial charge in [-0.2, -0.15) is 0 Å². The van der Waals surface area contributed by atoms with Gasteiger partial charge in [0.25, 0.3) is 5.56 Å². The Morgan fingerprint density at radius 3 is 2.30 bits per heavy atom. The van der Waals surface area contributed by atoms with Crippen molar-refractivity contribution in [3.8, 4) is 0 Å². The molecule has 0 amide bonds. The molecule has 2 heterocycles. The Labute approximate surface area is 193 Å². The number of aromatic amines is 1. The normalized spacial score (nSPS) is 17.4. The molecule has 168 valence electrons. The molecule has 0 bridgehead atoms. The van der Waals surface area contributed by atoms with Crippen LogP contribution in [-0.2, 0) is 13.0 Å². The number of aromatic nitrogens is 1. The molecule has 2 atom stereocenters. The van der Waals surface area contributed by atoms with Crippen molar-refractivity contribution in [2.75, 3.05) is 19.4 Å². The molecule has 2 N–H and O–H groups in total. The van der Waals surface area contributed by atoms with Gasteiger partial charge in [-0.05, 0) is 67.0 Å². The predicted molar refractivity (Wildman–Crippen MR) is 132 cm³/mol. The highest BCUT2D eigenvalue weighted by molar-refractivity contribution is 5.98. The fourth-order valence-corrected chi connectivity index (χ4v) is 5.11. The second kappa shape index (κ2) is 8.49. The van der Waals surface area contributed by atoms with Gasteiger partial charge in [0.2, 0.25) is 0 Å². The fourth-order valence-electron chi connectivity index (χ4n) is 5.11. The molecule has 0 saturated carbocycles. The van der Waals surface area contributed by atoms with Gasteiger partial charge in [0.15, 0.2) is 0 Å². The van der Waals surface area contributed by atoms with Gasteiger partial charge in [-0.15, -0.1) is 0 Å². The van der Waals surface area contributed by atoms with E-state index >= 15 is 0 Å². The monoisotopic (exact) mass is 441 g/mol. The molecule has 0 spiro atoms. The molecule has 2 unspecified atom stereocenters. The first-order valence-electron chi connectivity index (χ1n) is 11.4. The molecule has 0 radical (unpaired) electrons. The Kier molecular flexibility index (Phi) is 5.51. The van der Waals surface area contributed by atoms with E-state index in [-0.39, 0.29) is 23.3 Å². The van der Waals surface area contributed by atoms with E-state index in [4.69, 9.17) is 0 Å². The van der Waals surface area contributed by atoms with Crippen LogP contribution in [0.15, 0.2) is 71.5 Å². The molecule has 4 nitrogen and oxygen atoms in total. The Bertz CT molecular complexity index is 1360. The third kappa shape index (κ3) is 3.83. The van der Waals surface area contributed by atoms with Crippen molar-refractivity contribution in [2.24, 2.45) is 0 Å². The summed E-state index contributed by atoms with van der Waals surface area (Å²) in [5.41, 5.74) is 6.37. The van der Waals surface area contributed by atoms with Crippen LogP contribution in [0.25, 0.3) is 10.8 Å². The zero-order valence-corrected chi connectivity index (χ0v) is 19.2. The first-order valence-corrected chi connectivity index (χ1v) is 11.4. The van der Waals surface area contributed by atoms with Crippen LogP contribution in [0.3, 0.4) is 0 Å². The van der Waals surface area contributed by atoms with E-state index in [1.165, 1.54) is 17.7 Å². The van der Waals surface area contributed by atoms with E-state index in [1.807, 2.05) is 30.3 Å². The Balaban J connectivity index is 1.74. The SMILES string of the molecule is CCc1[nH]c(=O)c2cccc3c2c1C(c1ccc(F)cc1)C(c1ccc(CN(C)C)cc1)N3. The minimum atomic E-state index is -0.255. The number of nitrogens with zero attached hydrogens (tertiary/aromatic N) is 1. The molecule has 5 heteroatoms. The van der Waals surface area contributed by atoms with Crippen molar-refractivity contribution >= 4 is 16.5 Å². The topological polar surface area (TPSA) is 48.1 Å². The van der Waals surface area contributed by atoms with Crippen molar-refractivity contribution in [1.82, 2.24) is 9.88 Å². The Morgan fingerprint density at radius 1 is 0.939 bits per heavy atom. The number of benzene rings is 3. The van der Waals surface area contributed by atoms with Crippen LogP contribution in [0.2, 0.25) is 0 Å². The number of hydrogen-bond donors (Lipinski definition) is 2. The maximum absolute atomic E-state index is 13.8. The van der Waals surface area contributed by atoms with Crippen LogP contribution in [-0.4, -0.2) is 24.0 Å². The molecular weight excluding hydrogens is 413 g/mol. The molecule has 33 heavy (non-hydrogen) atoms. The molecule has 4 aromatic rings. The van der Waals surface area contributed by atoms with E-state index in [0.717, 1.165) is 40.0 Å². The number of nitrogens with one attached hydrogen (secondary N) is 2. The smallest absolute Gasteiger partial charge is 0.256 e. The zero-order chi connectivity index (χ0) is 23.1. The highest BCUT2D eigenvalue weighted by Gasteiger charge is 2.35. The first kappa shape index (κ1) is 21.4. The maximum Gasteiger partial charge on any atom is 0.256 e. The van der Waals surface area contributed by atoms with Gasteiger partial charge in [0, 0.05) is 34.6 Å². The Morgan fingerprint density at radius 2 is 1.64 bits per heavy atom. The number of halogens is 1. The molecular formula is C28H28FN3O. The van der Waals surface area contributed by atoms with Crippen LogP contribution in [0.1, 0.15) is 46.8 Å². The number of hydrogen-bond acceptors (Lipinski definition) is 3. The van der Waals surface area contributed by atoms with Gasteiger partial charge < -0.3 is 15.2 Å². The van der Waals surface area contributed by atoms with Gasteiger partial charge in [-0.1, -0.05) is 49.4 Å². The van der Waals surface area contributed by atoms with Crippen molar-refractivity contribution in [1.29, 1.82) is 0 Å². The maximum atomic E-state index is 13.8. The van der Waals surface area contributed by atoms with E-state index < -0.39 is 0 Å². The molecule has 0 fully saturated rings. The van der Waals surface area contributed by atoms with Gasteiger partial charge in [0.1, 0.15) is 5.82 Å². The molecule has 1 aliphatic heterocycles. The quantitative estimate of drug-likeness (QED) is 0.424. The predicted octanol–water partition coefficient (Wildman–Crippen LogP) is 5.59. The number of rotatable bonds is 5. The van der Waals surface area contributed by atoms with E-state index in [9.17, 15) is 9.18 Å². The third-order valence-electron chi connectivity index (χ3n) is 6.54. The van der Waals surface area contributed by atoms with Gasteiger partial charge >= 0.3 is 0 Å². The number of pyridine rings is 1. The molecule has 3 aromatic carbocycles. The van der Waals surface area contributed by atoms with E-state index in [0.29, 0.717) is 11.8 Å². The number of anilines is 1. The third-order valence-corrected chi connectivity index (χ3v) is 6.54. The Hall–Kier alpha value is -3.44. The lowest BCUT2D eigenvalue weighted by atomic mass is 9.76. The summed E-state index contributed by atoms with van der Waals surface area (Å²) in [4.78, 5) is 18.1. The van der Waals surface area contributed by atoms with E-state index in [1.54, 1.807) is 0 Å². The summed E-state index contributed by atoms with van der Waals surface area (Å²) < 4.78 is 13.8. The van der Waals surface area contributed by atoms with Crippen molar-refractivity contribution in [3.63, 3.8) is 0 Å². The van der Waals surface area contributed by atoms with Crippen LogP contribution in [0.4, 0.5) is 10.1 Å². The molecule has 5 rings (SSSR count). The lowest BCUT2D eigenvalue weighted by Crippen LogP contribution is -2.28. The number of H-pyrrole nitrogens is 1. The average molecular weight is 442 g/mol. The summed E-state index contributed by atoms with van der Waals surface area (Å²) in [5, 5.41) is 5.37. The fraction of sp³-hybridized carbons (Fsp3) is 0.250. The number of aryl methyl sites for hydroxylation is 1. The summed E-state index contributed by atoms with van der Waals surface area (Å²) in [6, 6.07) is 21.2. The average Bonchev–Trinajstić information content (AvgIpc) is 2.81. The van der Waals surface area contributed by atoms with Crippen molar-refractivity contribution in [3.05, 3.63) is 111 Å². The highest BCUT2D eigenvalue weighted by Crippen LogP contribution is 2.48. The largest absolute Gasteiger partial charge is 0.377 e. The zero-order valence-electron chi connectivity index (χ0n) is 19.2. The van der Waals surface area contributed by atoms with Crippen molar-refractivity contribution < 1.29 is 4.39 Å². The summed E-state index contributed by atoms with van der Waals surface area (Å²) in [5.74, 6) is -0.329. The van der Waals surface area contributed by atoms with Crippen LogP contribution in [0.5, 0.6) is 0 Å². The lowest BCUT2D eigenvalue weighted by molar-refractivity contribution is 0.402. The summed E-state index contributed by atoms with van der Waals surface area (Å²) in [7, 11) is 4.12. The summed E-state index contributed by atoms with van der Waals surface area (Å²) in [6.07, 6.45) is 0.709. The lowest BCUT2D eigenvalue weighted by Gasteiger charge is -2.37. The molecule has 0 saturated heterocycles. The van der Waals surface area contributed by atoms with Crippen LogP contribution < -0.4 is 10.9 Å². The summed E-state index contributed by atoms with van der Waals surface area (Å²) in [6.45, 7) is 2.94. The minimum absolute atomic E-state index is 0.0573. The highest BCUT2D eigenvalue weighted by atomic mass is 19.1. The van der Waals surface area contributed by atoms with Crippen LogP contribution in [0, 0.1) is 5.82 Å². The van der Waals surface area contributed by atoms with E-state index in [2.05, 4.69) is 60.5 Å². The summed E-state index contributed by atoms with van der Waals surface area (Å²) >= 11 is 0. The molecule has 0 aliphatic carbocycles. The van der Waals surface area contributed by atoms with Gasteiger partial charge in [-0.25, -0.2) is 4.39 Å². The van der Waals surface area contributed by atoms with Gasteiger partial charge in [0.05, 0.1) is 6.04 Å². The van der Waals surface area contributed by atoms with Gasteiger partial charge in [-0.3, -0.25) is 4.79 Å². The van der Waals surface area contributed by atoms with Crippen LogP contribution >= 0.6 is 0 Å².